The van der Waals surface area contributed by atoms with Gasteiger partial charge < -0.3 is 9.73 Å². The first-order chi connectivity index (χ1) is 12.5. The van der Waals surface area contributed by atoms with Crippen LogP contribution >= 0.6 is 0 Å². The van der Waals surface area contributed by atoms with Crippen molar-refractivity contribution in [2.75, 3.05) is 6.54 Å². The number of amides is 1. The molecule has 134 valence electrons. The third kappa shape index (κ3) is 3.61. The molecule has 1 amide bonds. The lowest BCUT2D eigenvalue weighted by molar-refractivity contribution is 0.0925. The Morgan fingerprint density at radius 1 is 1.15 bits per heavy atom. The number of nitrogens with one attached hydrogen (secondary N) is 2. The standard InChI is InChI=1S/C17H13F2N3O4/c18-12-2-1-10(9-13(12)19)11-4-8-26-15(11)16(24)20-5-7-22-6-3-14(23)21-17(22)25/h1-4,6,8-9H,5,7H2,(H,20,24)(H,21,23,25). The highest BCUT2D eigenvalue weighted by atomic mass is 19.2. The number of nitrogens with zero attached hydrogens (tertiary/aromatic N) is 1. The predicted molar refractivity (Wildman–Crippen MR) is 87.7 cm³/mol. The molecule has 0 aliphatic rings. The van der Waals surface area contributed by atoms with Gasteiger partial charge in [0, 0.05) is 30.9 Å². The fourth-order valence-electron chi connectivity index (χ4n) is 2.37. The van der Waals surface area contributed by atoms with Crippen molar-refractivity contribution in [3.8, 4) is 11.1 Å². The molecule has 0 radical (unpaired) electrons. The number of halogens is 2. The van der Waals surface area contributed by atoms with Gasteiger partial charge in [-0.15, -0.1) is 0 Å². The molecular formula is C17H13F2N3O4. The number of rotatable bonds is 5. The van der Waals surface area contributed by atoms with E-state index < -0.39 is 28.8 Å². The third-order valence-corrected chi connectivity index (χ3v) is 3.64. The molecule has 26 heavy (non-hydrogen) atoms. The predicted octanol–water partition coefficient (Wildman–Crippen LogP) is 1.50. The maximum absolute atomic E-state index is 13.4. The molecule has 0 atom stereocenters. The third-order valence-electron chi connectivity index (χ3n) is 3.64. The lowest BCUT2D eigenvalue weighted by Crippen LogP contribution is -2.33. The van der Waals surface area contributed by atoms with E-state index >= 15 is 0 Å². The molecular weight excluding hydrogens is 348 g/mol. The van der Waals surface area contributed by atoms with E-state index in [1.807, 2.05) is 0 Å². The molecule has 0 bridgehead atoms. The smallest absolute Gasteiger partial charge is 0.328 e. The Morgan fingerprint density at radius 2 is 1.96 bits per heavy atom. The van der Waals surface area contributed by atoms with Crippen LogP contribution in [0.1, 0.15) is 10.6 Å². The van der Waals surface area contributed by atoms with Crippen LogP contribution in [0.2, 0.25) is 0 Å². The lowest BCUT2D eigenvalue weighted by atomic mass is 10.1. The Labute approximate surface area is 144 Å². The number of carbonyl (C=O) groups excluding carboxylic acids is 1. The van der Waals surface area contributed by atoms with Crippen molar-refractivity contribution in [3.63, 3.8) is 0 Å². The summed E-state index contributed by atoms with van der Waals surface area (Å²) in [6.45, 7) is 0.214. The summed E-state index contributed by atoms with van der Waals surface area (Å²) in [5.41, 5.74) is -0.503. The van der Waals surface area contributed by atoms with Gasteiger partial charge in [-0.3, -0.25) is 19.1 Å². The summed E-state index contributed by atoms with van der Waals surface area (Å²) in [5, 5.41) is 2.56. The first-order valence-electron chi connectivity index (χ1n) is 7.56. The minimum absolute atomic E-state index is 0.0650. The van der Waals surface area contributed by atoms with E-state index in [1.54, 1.807) is 0 Å². The second-order valence-corrected chi connectivity index (χ2v) is 5.35. The van der Waals surface area contributed by atoms with Gasteiger partial charge in [-0.05, 0) is 23.8 Å². The fraction of sp³-hybridized carbons (Fsp3) is 0.118. The average molecular weight is 361 g/mol. The molecule has 2 aromatic heterocycles. The Kier molecular flexibility index (Phi) is 4.78. The molecule has 0 saturated heterocycles. The van der Waals surface area contributed by atoms with Gasteiger partial charge >= 0.3 is 5.69 Å². The van der Waals surface area contributed by atoms with Crippen molar-refractivity contribution in [1.29, 1.82) is 0 Å². The Bertz CT molecular complexity index is 1070. The van der Waals surface area contributed by atoms with Crippen LogP contribution in [-0.2, 0) is 6.54 Å². The first kappa shape index (κ1) is 17.3. The number of aromatic nitrogens is 2. The quantitative estimate of drug-likeness (QED) is 0.720. The lowest BCUT2D eigenvalue weighted by Gasteiger charge is -2.07. The number of carbonyl (C=O) groups is 1. The van der Waals surface area contributed by atoms with Crippen LogP contribution in [0.3, 0.4) is 0 Å². The Morgan fingerprint density at radius 3 is 2.69 bits per heavy atom. The first-order valence-corrected chi connectivity index (χ1v) is 7.56. The maximum Gasteiger partial charge on any atom is 0.328 e. The average Bonchev–Trinajstić information content (AvgIpc) is 3.09. The molecule has 3 aromatic rings. The van der Waals surface area contributed by atoms with Crippen molar-refractivity contribution in [2.24, 2.45) is 0 Å². The van der Waals surface area contributed by atoms with Crippen LogP contribution < -0.4 is 16.6 Å². The monoisotopic (exact) mass is 361 g/mol. The minimum atomic E-state index is -1.03. The summed E-state index contributed by atoms with van der Waals surface area (Å²) in [6.07, 6.45) is 2.57. The molecule has 0 saturated carbocycles. The van der Waals surface area contributed by atoms with E-state index in [1.165, 1.54) is 35.2 Å². The highest BCUT2D eigenvalue weighted by molar-refractivity contribution is 5.98. The van der Waals surface area contributed by atoms with Crippen molar-refractivity contribution in [1.82, 2.24) is 14.9 Å². The highest BCUT2D eigenvalue weighted by Gasteiger charge is 2.17. The van der Waals surface area contributed by atoms with Gasteiger partial charge in [0.05, 0.1) is 6.26 Å². The zero-order chi connectivity index (χ0) is 18.7. The molecule has 0 spiro atoms. The normalized spacial score (nSPS) is 10.7. The largest absolute Gasteiger partial charge is 0.459 e. The molecule has 7 nitrogen and oxygen atoms in total. The Hall–Kier alpha value is -3.49. The summed E-state index contributed by atoms with van der Waals surface area (Å²) < 4.78 is 32.8. The van der Waals surface area contributed by atoms with Crippen LogP contribution in [0.25, 0.3) is 11.1 Å². The van der Waals surface area contributed by atoms with Crippen LogP contribution in [0, 0.1) is 11.6 Å². The van der Waals surface area contributed by atoms with E-state index in [0.717, 1.165) is 12.1 Å². The summed E-state index contributed by atoms with van der Waals surface area (Å²) in [7, 11) is 0. The van der Waals surface area contributed by atoms with Crippen molar-refractivity contribution in [3.05, 3.63) is 81.0 Å². The van der Waals surface area contributed by atoms with Gasteiger partial charge in [-0.1, -0.05) is 6.07 Å². The molecule has 3 rings (SSSR count). The van der Waals surface area contributed by atoms with Gasteiger partial charge in [-0.25, -0.2) is 13.6 Å². The SMILES string of the molecule is O=C(NCCn1ccc(=O)[nH]c1=O)c1occc1-c1ccc(F)c(F)c1. The molecule has 0 aliphatic heterocycles. The van der Waals surface area contributed by atoms with Crippen LogP contribution in [0.5, 0.6) is 0 Å². The number of aromatic amines is 1. The molecule has 2 N–H and O–H groups in total. The number of hydrogen-bond acceptors (Lipinski definition) is 4. The molecule has 0 fully saturated rings. The molecule has 0 unspecified atom stereocenters. The van der Waals surface area contributed by atoms with Crippen LogP contribution in [0.15, 0.2) is 56.8 Å². The van der Waals surface area contributed by atoms with Gasteiger partial charge in [-0.2, -0.15) is 0 Å². The van der Waals surface area contributed by atoms with Crippen LogP contribution in [0.4, 0.5) is 8.78 Å². The zero-order valence-corrected chi connectivity index (χ0v) is 13.3. The van der Waals surface area contributed by atoms with E-state index in [4.69, 9.17) is 4.42 Å². The molecule has 0 aliphatic carbocycles. The van der Waals surface area contributed by atoms with Gasteiger partial charge in [0.25, 0.3) is 11.5 Å². The van der Waals surface area contributed by atoms with Crippen molar-refractivity contribution >= 4 is 5.91 Å². The number of H-pyrrole nitrogens is 1. The van der Waals surface area contributed by atoms with Crippen LogP contribution in [-0.4, -0.2) is 22.0 Å². The number of hydrogen-bond donors (Lipinski definition) is 2. The second-order valence-electron chi connectivity index (χ2n) is 5.35. The molecule has 2 heterocycles. The van der Waals surface area contributed by atoms with Crippen molar-refractivity contribution < 1.29 is 18.0 Å². The molecule has 9 heteroatoms. The fourth-order valence-corrected chi connectivity index (χ4v) is 2.37. The Balaban J connectivity index is 1.71. The number of benzene rings is 1. The van der Waals surface area contributed by atoms with E-state index in [2.05, 4.69) is 10.3 Å². The van der Waals surface area contributed by atoms with Gasteiger partial charge in [0.15, 0.2) is 17.4 Å². The second kappa shape index (κ2) is 7.18. The van der Waals surface area contributed by atoms with Gasteiger partial charge in [0.1, 0.15) is 0 Å². The summed E-state index contributed by atoms with van der Waals surface area (Å²) >= 11 is 0. The van der Waals surface area contributed by atoms with Gasteiger partial charge in [0.2, 0.25) is 0 Å². The zero-order valence-electron chi connectivity index (χ0n) is 13.3. The summed E-state index contributed by atoms with van der Waals surface area (Å²) in [4.78, 5) is 36.9. The summed E-state index contributed by atoms with van der Waals surface area (Å²) in [6, 6.07) is 5.92. The van der Waals surface area contributed by atoms with E-state index in [9.17, 15) is 23.2 Å². The topological polar surface area (TPSA) is 97.1 Å². The van der Waals surface area contributed by atoms with E-state index in [-0.39, 0.29) is 18.8 Å². The number of furan rings is 1. The maximum atomic E-state index is 13.4. The van der Waals surface area contributed by atoms with E-state index in [0.29, 0.717) is 11.1 Å². The summed E-state index contributed by atoms with van der Waals surface area (Å²) in [5.74, 6) is -2.67. The van der Waals surface area contributed by atoms with Crippen molar-refractivity contribution in [2.45, 2.75) is 6.54 Å². The molecule has 1 aromatic carbocycles. The highest BCUT2D eigenvalue weighted by Crippen LogP contribution is 2.26. The minimum Gasteiger partial charge on any atom is -0.459 e.